The first-order valence-corrected chi connectivity index (χ1v) is 11.0. The number of Topliss-reactive ketones (excluding diaryl/α,β-unsaturated/α-hetero) is 1. The molecule has 0 aliphatic heterocycles. The maximum atomic E-state index is 13.0. The van der Waals surface area contributed by atoms with E-state index in [4.69, 9.17) is 0 Å². The van der Waals surface area contributed by atoms with E-state index in [1.165, 1.54) is 38.5 Å². The molecule has 4 bridgehead atoms. The fourth-order valence-corrected chi connectivity index (χ4v) is 6.75. The molecule has 4 fully saturated rings. The fourth-order valence-electron chi connectivity index (χ4n) is 6.75. The fraction of sp³-hybridized carbons (Fsp3) is 0.462. The summed E-state index contributed by atoms with van der Waals surface area (Å²) in [6.07, 6.45) is 8.79. The Kier molecular flexibility index (Phi) is 4.77. The minimum atomic E-state index is 0.0434. The molecule has 6 rings (SSSR count). The lowest BCUT2D eigenvalue weighted by Gasteiger charge is -2.56. The van der Waals surface area contributed by atoms with Crippen molar-refractivity contribution in [1.82, 2.24) is 0 Å². The molecular formula is C26H29NO2. The van der Waals surface area contributed by atoms with Crippen molar-refractivity contribution in [1.29, 1.82) is 0 Å². The lowest BCUT2D eigenvalue weighted by molar-refractivity contribution is -0.124. The highest BCUT2D eigenvalue weighted by atomic mass is 16.1. The van der Waals surface area contributed by atoms with Crippen LogP contribution in [0.15, 0.2) is 54.6 Å². The number of anilines is 1. The standard InChI is InChI=1S/C26H29NO2/c28-24(13-18-6-2-1-3-7-18)22-8-4-5-9-23(22)27-25(29)17-26-14-19-10-20(15-26)12-21(11-19)16-26/h1-9,19-21H,10-17H2,(H,27,29). The first kappa shape index (κ1) is 18.6. The zero-order valence-electron chi connectivity index (χ0n) is 16.9. The molecule has 2 aromatic carbocycles. The number of ketones is 1. The summed E-state index contributed by atoms with van der Waals surface area (Å²) in [6.45, 7) is 0. The van der Waals surface area contributed by atoms with Gasteiger partial charge < -0.3 is 5.32 Å². The second kappa shape index (κ2) is 7.44. The first-order valence-electron chi connectivity index (χ1n) is 11.0. The summed E-state index contributed by atoms with van der Waals surface area (Å²) < 4.78 is 0. The molecule has 1 N–H and O–H groups in total. The van der Waals surface area contributed by atoms with Gasteiger partial charge in [0.1, 0.15) is 0 Å². The van der Waals surface area contributed by atoms with E-state index in [1.54, 1.807) is 0 Å². The topological polar surface area (TPSA) is 46.2 Å². The molecule has 150 valence electrons. The molecule has 3 heteroatoms. The second-order valence-electron chi connectivity index (χ2n) is 9.77. The lowest BCUT2D eigenvalue weighted by atomic mass is 9.49. The molecule has 0 radical (unpaired) electrons. The van der Waals surface area contributed by atoms with Gasteiger partial charge in [-0.2, -0.15) is 0 Å². The van der Waals surface area contributed by atoms with Crippen molar-refractivity contribution in [2.45, 2.75) is 51.4 Å². The van der Waals surface area contributed by atoms with Crippen molar-refractivity contribution in [3.8, 4) is 0 Å². The van der Waals surface area contributed by atoms with E-state index in [0.717, 1.165) is 23.3 Å². The molecule has 0 spiro atoms. The zero-order valence-corrected chi connectivity index (χ0v) is 16.9. The third kappa shape index (κ3) is 3.88. The number of rotatable bonds is 6. The monoisotopic (exact) mass is 387 g/mol. The molecule has 0 unspecified atom stereocenters. The smallest absolute Gasteiger partial charge is 0.224 e. The van der Waals surface area contributed by atoms with Gasteiger partial charge in [-0.25, -0.2) is 0 Å². The molecule has 0 atom stereocenters. The molecule has 3 nitrogen and oxygen atoms in total. The highest BCUT2D eigenvalue weighted by Gasteiger charge is 2.51. The van der Waals surface area contributed by atoms with Crippen LogP contribution >= 0.6 is 0 Å². The molecule has 4 aliphatic carbocycles. The number of para-hydroxylation sites is 1. The molecule has 2 aromatic rings. The van der Waals surface area contributed by atoms with Crippen molar-refractivity contribution in [3.63, 3.8) is 0 Å². The van der Waals surface area contributed by atoms with Crippen LogP contribution in [0.4, 0.5) is 5.69 Å². The van der Waals surface area contributed by atoms with Crippen molar-refractivity contribution in [3.05, 3.63) is 65.7 Å². The Labute approximate surface area is 172 Å². The van der Waals surface area contributed by atoms with Gasteiger partial charge >= 0.3 is 0 Å². The Morgan fingerprint density at radius 3 is 2.07 bits per heavy atom. The molecule has 0 heterocycles. The molecular weight excluding hydrogens is 358 g/mol. The normalized spacial score (nSPS) is 29.6. The summed E-state index contributed by atoms with van der Waals surface area (Å²) in [6, 6.07) is 17.2. The van der Waals surface area contributed by atoms with Crippen molar-refractivity contribution in [2.24, 2.45) is 23.2 Å². The van der Waals surface area contributed by atoms with Gasteiger partial charge in [0, 0.05) is 18.4 Å². The minimum absolute atomic E-state index is 0.0434. The number of carbonyl (C=O) groups is 2. The highest BCUT2D eigenvalue weighted by molar-refractivity contribution is 6.05. The average Bonchev–Trinajstić information content (AvgIpc) is 2.67. The Bertz CT molecular complexity index is 882. The van der Waals surface area contributed by atoms with Crippen LogP contribution in [0.5, 0.6) is 0 Å². The lowest BCUT2D eigenvalue weighted by Crippen LogP contribution is -2.47. The van der Waals surface area contributed by atoms with E-state index in [1.807, 2.05) is 54.6 Å². The van der Waals surface area contributed by atoms with E-state index < -0.39 is 0 Å². The third-order valence-electron chi connectivity index (χ3n) is 7.41. The number of benzene rings is 2. The Morgan fingerprint density at radius 2 is 1.41 bits per heavy atom. The molecule has 1 amide bonds. The van der Waals surface area contributed by atoms with Crippen molar-refractivity contribution in [2.75, 3.05) is 5.32 Å². The maximum Gasteiger partial charge on any atom is 0.224 e. The van der Waals surface area contributed by atoms with Gasteiger partial charge in [-0.15, -0.1) is 0 Å². The predicted molar refractivity (Wildman–Crippen MR) is 115 cm³/mol. The van der Waals surface area contributed by atoms with Gasteiger partial charge in [0.05, 0.1) is 5.69 Å². The molecule has 0 aromatic heterocycles. The number of hydrogen-bond acceptors (Lipinski definition) is 2. The van der Waals surface area contributed by atoms with Crippen molar-refractivity contribution < 1.29 is 9.59 Å². The molecule has 0 saturated heterocycles. The molecule has 29 heavy (non-hydrogen) atoms. The Morgan fingerprint density at radius 1 is 0.828 bits per heavy atom. The summed E-state index contributed by atoms with van der Waals surface area (Å²) in [5, 5.41) is 3.09. The van der Waals surface area contributed by atoms with Gasteiger partial charge in [-0.05, 0) is 79.4 Å². The van der Waals surface area contributed by atoms with Gasteiger partial charge in [0.25, 0.3) is 0 Å². The van der Waals surface area contributed by atoms with Crippen LogP contribution in [0.25, 0.3) is 0 Å². The first-order chi connectivity index (χ1) is 14.1. The largest absolute Gasteiger partial charge is 0.325 e. The van der Waals surface area contributed by atoms with Crippen LogP contribution in [-0.2, 0) is 11.2 Å². The van der Waals surface area contributed by atoms with E-state index >= 15 is 0 Å². The Hall–Kier alpha value is -2.42. The summed E-state index contributed by atoms with van der Waals surface area (Å²) in [5.74, 6) is 2.64. The number of nitrogens with one attached hydrogen (secondary N) is 1. The predicted octanol–water partition coefficient (Wildman–Crippen LogP) is 5.66. The maximum absolute atomic E-state index is 13.0. The Balaban J connectivity index is 1.28. The van der Waals surface area contributed by atoms with Crippen LogP contribution < -0.4 is 5.32 Å². The number of amides is 1. The van der Waals surface area contributed by atoms with Gasteiger partial charge in [-0.3, -0.25) is 9.59 Å². The van der Waals surface area contributed by atoms with Gasteiger partial charge in [0.2, 0.25) is 5.91 Å². The van der Waals surface area contributed by atoms with Crippen LogP contribution in [0.3, 0.4) is 0 Å². The third-order valence-corrected chi connectivity index (χ3v) is 7.41. The summed E-state index contributed by atoms with van der Waals surface area (Å²) in [5.41, 5.74) is 2.47. The average molecular weight is 388 g/mol. The van der Waals surface area contributed by atoms with Crippen LogP contribution in [0, 0.1) is 23.2 Å². The van der Waals surface area contributed by atoms with E-state index in [-0.39, 0.29) is 17.1 Å². The van der Waals surface area contributed by atoms with E-state index in [2.05, 4.69) is 5.32 Å². The van der Waals surface area contributed by atoms with Gasteiger partial charge in [-0.1, -0.05) is 42.5 Å². The summed E-state index contributed by atoms with van der Waals surface area (Å²) in [7, 11) is 0. The van der Waals surface area contributed by atoms with Crippen LogP contribution in [-0.4, -0.2) is 11.7 Å². The quantitative estimate of drug-likeness (QED) is 0.650. The molecule has 4 saturated carbocycles. The van der Waals surface area contributed by atoms with E-state index in [0.29, 0.717) is 24.1 Å². The van der Waals surface area contributed by atoms with Crippen LogP contribution in [0.1, 0.15) is 60.9 Å². The zero-order chi connectivity index (χ0) is 19.8. The van der Waals surface area contributed by atoms with Gasteiger partial charge in [0.15, 0.2) is 5.78 Å². The number of hydrogen-bond donors (Lipinski definition) is 1. The summed E-state index contributed by atoms with van der Waals surface area (Å²) >= 11 is 0. The second-order valence-corrected chi connectivity index (χ2v) is 9.77. The molecule has 4 aliphatic rings. The summed E-state index contributed by atoms with van der Waals surface area (Å²) in [4.78, 5) is 25.9. The van der Waals surface area contributed by atoms with E-state index in [9.17, 15) is 9.59 Å². The SMILES string of the molecule is O=C(CC12CC3CC(CC(C3)C1)C2)Nc1ccccc1C(=O)Cc1ccccc1. The van der Waals surface area contributed by atoms with Crippen LogP contribution in [0.2, 0.25) is 0 Å². The van der Waals surface area contributed by atoms with Crippen molar-refractivity contribution >= 4 is 17.4 Å². The minimum Gasteiger partial charge on any atom is -0.325 e. The highest BCUT2D eigenvalue weighted by Crippen LogP contribution is 2.61. The number of carbonyl (C=O) groups excluding carboxylic acids is 2.